The van der Waals surface area contributed by atoms with Crippen LogP contribution < -0.4 is 37.2 Å². The van der Waals surface area contributed by atoms with Gasteiger partial charge in [-0.3, -0.25) is 28.8 Å². The van der Waals surface area contributed by atoms with Crippen LogP contribution in [0.3, 0.4) is 0 Å². The molecular weight excluding hydrogens is 1760 g/mol. The van der Waals surface area contributed by atoms with E-state index in [2.05, 4.69) is 37.2 Å². The molecule has 137 heavy (non-hydrogen) atoms. The summed E-state index contributed by atoms with van der Waals surface area (Å²) in [5.74, 6) is -2.25. The van der Waals surface area contributed by atoms with Gasteiger partial charge < -0.3 is 75.1 Å². The maximum absolute atomic E-state index is 14.1. The number of nitrogens with one attached hydrogen (secondary N) is 7. The number of imide groups is 4. The molecule has 0 saturated heterocycles. The third-order valence-electron chi connectivity index (χ3n) is 21.5. The van der Waals surface area contributed by atoms with Gasteiger partial charge in [-0.05, 0) is 134 Å². The van der Waals surface area contributed by atoms with Gasteiger partial charge >= 0.3 is 48.7 Å². The first-order valence-electron chi connectivity index (χ1n) is 47.0. The zero-order chi connectivity index (χ0) is 97.3. The molecule has 0 heterocycles. The number of carbonyl (C=O) groups excluding carboxylic acids is 14. The van der Waals surface area contributed by atoms with Crippen molar-refractivity contribution >= 4 is 84.2 Å². The quantitative estimate of drug-likeness (QED) is 0.0137. The van der Waals surface area contributed by atoms with Crippen molar-refractivity contribution in [2.24, 2.45) is 0 Å². The van der Waals surface area contributed by atoms with Crippen molar-refractivity contribution in [2.75, 3.05) is 65.4 Å². The van der Waals surface area contributed by atoms with Crippen molar-refractivity contribution in [2.45, 2.75) is 206 Å². The van der Waals surface area contributed by atoms with Crippen LogP contribution in [0.5, 0.6) is 0 Å². The number of hydrogen-bond donors (Lipinski definition) is 7. The first-order valence-corrected chi connectivity index (χ1v) is 47.0. The summed E-state index contributed by atoms with van der Waals surface area (Å²) in [6.07, 6.45) is 0.0292. The number of ether oxygens (including phenoxy) is 8. The van der Waals surface area contributed by atoms with Crippen molar-refractivity contribution in [3.8, 4) is 0 Å². The lowest BCUT2D eigenvalue weighted by atomic mass is 10.1. The normalized spacial score (nSPS) is 11.2. The minimum absolute atomic E-state index is 0.00330. The summed E-state index contributed by atoms with van der Waals surface area (Å²) in [6, 6.07) is 70.1. The van der Waals surface area contributed by atoms with Gasteiger partial charge in [-0.25, -0.2) is 58.0 Å². The molecule has 14 amide bonds. The molecule has 0 aliphatic heterocycles. The van der Waals surface area contributed by atoms with Crippen LogP contribution >= 0.6 is 0 Å². The first kappa shape index (κ1) is 108. The number of amides is 14. The summed E-state index contributed by atoms with van der Waals surface area (Å²) >= 11 is 0. The Kier molecular flexibility index (Phi) is 51.3. The average Bonchev–Trinajstić information content (AvgIpc) is 0.894. The van der Waals surface area contributed by atoms with E-state index in [1.165, 1.54) is 0 Å². The zero-order valence-electron chi connectivity index (χ0n) is 77.8. The number of benzene rings is 8. The van der Waals surface area contributed by atoms with Crippen molar-refractivity contribution in [3.63, 3.8) is 0 Å². The maximum atomic E-state index is 14.1. The highest BCUT2D eigenvalue weighted by atomic mass is 16.6. The molecule has 8 rings (SSSR count). The molecule has 0 saturated carbocycles. The van der Waals surface area contributed by atoms with Crippen LogP contribution in [0, 0.1) is 0 Å². The zero-order valence-corrected chi connectivity index (χ0v) is 77.8. The number of unbranched alkanes of at least 4 members (excludes halogenated alkanes) is 10. The second-order valence-electron chi connectivity index (χ2n) is 32.4. The molecule has 8 aromatic carbocycles. The van der Waals surface area contributed by atoms with E-state index in [4.69, 9.17) is 37.9 Å². The number of hydrogen-bond acceptors (Lipinski definition) is 23. The molecule has 33 nitrogen and oxygen atoms in total. The van der Waals surface area contributed by atoms with E-state index in [-0.39, 0.29) is 169 Å². The molecule has 0 aromatic heterocycles. The van der Waals surface area contributed by atoms with Crippen molar-refractivity contribution < 1.29 is 105 Å². The minimum atomic E-state index is -0.995. The van der Waals surface area contributed by atoms with Gasteiger partial charge in [-0.1, -0.05) is 268 Å². The number of nitrogens with zero attached hydrogens (tertiary/aromatic N) is 4. The second-order valence-corrected chi connectivity index (χ2v) is 32.4. The monoisotopic (exact) mass is 1880 g/mol. The van der Waals surface area contributed by atoms with Gasteiger partial charge in [0.1, 0.15) is 64.9 Å². The van der Waals surface area contributed by atoms with Gasteiger partial charge in [0, 0.05) is 91.1 Å². The number of carbonyl (C=O) groups is 14. The summed E-state index contributed by atoms with van der Waals surface area (Å²) in [6.45, 7) is 0.513. The van der Waals surface area contributed by atoms with Crippen molar-refractivity contribution in [3.05, 3.63) is 287 Å². The topological polar surface area (TPSA) is 410 Å². The summed E-state index contributed by atoms with van der Waals surface area (Å²) in [4.78, 5) is 192. The molecule has 0 bridgehead atoms. The fraction of sp³-hybridized carbons (Fsp3) is 0.404. The predicted molar refractivity (Wildman–Crippen MR) is 510 cm³/mol. The average molecular weight is 1890 g/mol. The highest BCUT2D eigenvalue weighted by molar-refractivity contribution is 5.91. The van der Waals surface area contributed by atoms with Crippen LogP contribution in [0.2, 0.25) is 0 Å². The summed E-state index contributed by atoms with van der Waals surface area (Å²) in [5, 5.41) is 20.6. The van der Waals surface area contributed by atoms with Gasteiger partial charge in [0.25, 0.3) is 0 Å². The molecule has 0 fully saturated rings. The molecule has 2 unspecified atom stereocenters. The van der Waals surface area contributed by atoms with Gasteiger partial charge in [0.2, 0.25) is 35.4 Å². The van der Waals surface area contributed by atoms with Gasteiger partial charge in [-0.15, -0.1) is 0 Å². The van der Waals surface area contributed by atoms with Crippen molar-refractivity contribution in [1.29, 1.82) is 0 Å². The van der Waals surface area contributed by atoms with Crippen LogP contribution in [0.1, 0.15) is 186 Å². The Morgan fingerprint density at radius 1 is 0.204 bits per heavy atom. The smallest absolute Gasteiger partial charge is 0.419 e. The Bertz CT molecular complexity index is 4400. The lowest BCUT2D eigenvalue weighted by Crippen LogP contribution is -2.49. The van der Waals surface area contributed by atoms with Gasteiger partial charge in [0.05, 0.1) is 0 Å². The summed E-state index contributed by atoms with van der Waals surface area (Å²) in [7, 11) is 0. The Labute approximate surface area is 800 Å². The molecule has 0 radical (unpaired) electrons. The summed E-state index contributed by atoms with van der Waals surface area (Å²) < 4.78 is 44.0. The second kappa shape index (κ2) is 65.2. The summed E-state index contributed by atoms with van der Waals surface area (Å²) in [5.41, 5.74) is 5.82. The molecule has 0 aliphatic rings. The fourth-order valence-corrected chi connectivity index (χ4v) is 13.9. The molecule has 33 heteroatoms. The molecule has 8 aromatic rings. The van der Waals surface area contributed by atoms with E-state index < -0.39 is 84.5 Å². The Hall–Kier alpha value is -14.5. The standard InChI is InChI=1S/C104H129N11O22/c116-91(59-29-9-37-69-112(97(122)130-73-81-41-13-1-14-42-81)98(123)131-74-82-43-15-2-16-44-82)106-63-35-33-57-89(110-93(118)61-31-11-39-71-114(101(126)134-77-85-49-21-5-22-50-85)102(127)135-78-86-51-23-6-24-52-86)95(120)108-67-65-105-66-68-109-96(121)90(111-94(119)62-32-12-40-72-115(103(128)136-79-87-53-25-7-26-54-87)104(129)137-80-88-55-27-8-28-56-88)58-34-36-64-107-92(117)60-30-10-38-70-113(99(124)132-75-83-45-17-3-18-46-83)100(125)133-76-84-47-19-4-20-48-84/h1-8,13-28,41-56,89-90,105H,9-12,29-40,57-80H2,(H,106,116)(H,107,117)(H,108,120)(H,109,121)(H,110,118)(H,111,119). The minimum Gasteiger partial charge on any atom is -0.444 e. The van der Waals surface area contributed by atoms with Crippen LogP contribution in [0.15, 0.2) is 243 Å². The largest absolute Gasteiger partial charge is 0.444 e. The molecule has 2 atom stereocenters. The third kappa shape index (κ3) is 45.4. The van der Waals surface area contributed by atoms with Gasteiger partial charge in [0.15, 0.2) is 0 Å². The van der Waals surface area contributed by atoms with Crippen LogP contribution in [0.25, 0.3) is 0 Å². The van der Waals surface area contributed by atoms with Crippen LogP contribution in [0.4, 0.5) is 38.4 Å². The lowest BCUT2D eigenvalue weighted by molar-refractivity contribution is -0.129. The lowest BCUT2D eigenvalue weighted by Gasteiger charge is -2.21. The predicted octanol–water partition coefficient (Wildman–Crippen LogP) is 16.5. The highest BCUT2D eigenvalue weighted by Gasteiger charge is 2.31. The third-order valence-corrected chi connectivity index (χ3v) is 21.5. The van der Waals surface area contributed by atoms with E-state index in [9.17, 15) is 67.1 Å². The maximum Gasteiger partial charge on any atom is 0.419 e. The molecule has 0 spiro atoms. The Morgan fingerprint density at radius 2 is 0.401 bits per heavy atom. The van der Waals surface area contributed by atoms with E-state index in [0.717, 1.165) is 41.9 Å². The molecule has 0 aliphatic carbocycles. The molecule has 7 N–H and O–H groups in total. The molecule has 732 valence electrons. The van der Waals surface area contributed by atoms with Crippen LogP contribution in [-0.2, 0) is 120 Å². The Morgan fingerprint density at radius 3 is 0.606 bits per heavy atom. The van der Waals surface area contributed by atoms with E-state index in [0.29, 0.717) is 125 Å². The highest BCUT2D eigenvalue weighted by Crippen LogP contribution is 2.19. The van der Waals surface area contributed by atoms with E-state index in [1.807, 2.05) is 97.1 Å². The SMILES string of the molecule is O=C(CCCCCN(C(=O)OCc1ccccc1)C(=O)OCc1ccccc1)NCCCCC(NC(=O)CCCCCN(C(=O)OCc1ccccc1)C(=O)OCc1ccccc1)C(=O)NCCNCCNC(=O)C(CCCCNC(=O)CCCCCN(C(=O)OCc1ccccc1)C(=O)OCc1ccccc1)NC(=O)CCCCCN(C(=O)OCc1ccccc1)C(=O)OCc1ccccc1. The Balaban J connectivity index is 0.814. The van der Waals surface area contributed by atoms with E-state index >= 15 is 0 Å². The number of rotatable bonds is 60. The van der Waals surface area contributed by atoms with Crippen molar-refractivity contribution in [1.82, 2.24) is 56.8 Å². The fourth-order valence-electron chi connectivity index (χ4n) is 13.9. The van der Waals surface area contributed by atoms with Crippen LogP contribution in [-0.4, -0.2) is 181 Å². The van der Waals surface area contributed by atoms with E-state index in [1.54, 1.807) is 146 Å². The first-order chi connectivity index (χ1) is 66.8. The molecular formula is C104H129N11O22. The van der Waals surface area contributed by atoms with Gasteiger partial charge in [-0.2, -0.15) is 0 Å².